The van der Waals surface area contributed by atoms with Crippen molar-refractivity contribution in [1.29, 1.82) is 0 Å². The van der Waals surface area contributed by atoms with Crippen LogP contribution in [-0.4, -0.2) is 38.8 Å². The van der Waals surface area contributed by atoms with E-state index in [4.69, 9.17) is 4.74 Å². The quantitative estimate of drug-likeness (QED) is 0.885. The zero-order chi connectivity index (χ0) is 12.4. The Labute approximate surface area is 105 Å². The number of aryl methyl sites for hydroxylation is 1. The number of imidazole rings is 1. The Bertz CT molecular complexity index is 532. The molecule has 0 radical (unpaired) electrons. The van der Waals surface area contributed by atoms with Crippen LogP contribution in [0.15, 0.2) is 12.7 Å². The molecule has 0 spiro atoms. The first-order valence-corrected chi connectivity index (χ1v) is 6.39. The molecule has 6 nitrogen and oxygen atoms in total. The third-order valence-corrected chi connectivity index (χ3v) is 3.26. The molecule has 2 aromatic heterocycles. The summed E-state index contributed by atoms with van der Waals surface area (Å²) in [6.45, 7) is 4.59. The van der Waals surface area contributed by atoms with Gasteiger partial charge in [0.05, 0.1) is 12.4 Å². The van der Waals surface area contributed by atoms with Crippen molar-refractivity contribution in [3.8, 4) is 0 Å². The molecule has 2 aromatic rings. The molecule has 0 bridgehead atoms. The summed E-state index contributed by atoms with van der Waals surface area (Å²) in [5, 5.41) is 3.32. The van der Waals surface area contributed by atoms with E-state index in [0.717, 1.165) is 49.5 Å². The molecule has 0 saturated carbocycles. The van der Waals surface area contributed by atoms with Crippen LogP contribution in [0.4, 0.5) is 5.82 Å². The molecule has 0 aliphatic carbocycles. The fraction of sp³-hybridized carbons (Fsp3) is 0.583. The highest BCUT2D eigenvalue weighted by Crippen LogP contribution is 2.18. The van der Waals surface area contributed by atoms with E-state index in [-0.39, 0.29) is 0 Å². The second-order valence-corrected chi connectivity index (χ2v) is 4.44. The van der Waals surface area contributed by atoms with Gasteiger partial charge in [0.2, 0.25) is 0 Å². The first kappa shape index (κ1) is 11.4. The number of nitrogens with one attached hydrogen (secondary N) is 1. The van der Waals surface area contributed by atoms with Crippen LogP contribution in [0.25, 0.3) is 11.2 Å². The lowest BCUT2D eigenvalue weighted by molar-refractivity contribution is 0.120. The van der Waals surface area contributed by atoms with Crippen molar-refractivity contribution < 1.29 is 4.74 Å². The number of aromatic nitrogens is 4. The standard InChI is InChI=1S/C12H17N5O/c1-2-17-8-16-10-11(14-7-15-12(10)17)13-6-9-4-3-5-18-9/h7-9H,2-6H2,1H3,(H,13,14,15). The molecule has 1 unspecified atom stereocenters. The lowest BCUT2D eigenvalue weighted by atomic mass is 10.2. The topological polar surface area (TPSA) is 64.9 Å². The number of nitrogens with zero attached hydrogens (tertiary/aromatic N) is 4. The molecule has 1 aliphatic heterocycles. The van der Waals surface area contributed by atoms with Crippen molar-refractivity contribution in [3.63, 3.8) is 0 Å². The van der Waals surface area contributed by atoms with Gasteiger partial charge in [0, 0.05) is 19.7 Å². The maximum absolute atomic E-state index is 5.58. The van der Waals surface area contributed by atoms with Gasteiger partial charge in [0.15, 0.2) is 11.5 Å². The minimum atomic E-state index is 0.295. The van der Waals surface area contributed by atoms with Gasteiger partial charge in [0.1, 0.15) is 11.8 Å². The van der Waals surface area contributed by atoms with Crippen LogP contribution in [0.1, 0.15) is 19.8 Å². The van der Waals surface area contributed by atoms with Gasteiger partial charge in [-0.15, -0.1) is 0 Å². The van der Waals surface area contributed by atoms with E-state index >= 15 is 0 Å². The largest absolute Gasteiger partial charge is 0.376 e. The first-order chi connectivity index (χ1) is 8.88. The average molecular weight is 247 g/mol. The second kappa shape index (κ2) is 4.89. The molecule has 0 amide bonds. The summed E-state index contributed by atoms with van der Waals surface area (Å²) in [6, 6.07) is 0. The summed E-state index contributed by atoms with van der Waals surface area (Å²) in [5.74, 6) is 0.794. The van der Waals surface area contributed by atoms with E-state index in [1.807, 2.05) is 4.57 Å². The van der Waals surface area contributed by atoms with Crippen molar-refractivity contribution in [2.45, 2.75) is 32.4 Å². The lowest BCUT2D eigenvalue weighted by Gasteiger charge is -2.11. The van der Waals surface area contributed by atoms with E-state index < -0.39 is 0 Å². The van der Waals surface area contributed by atoms with Crippen LogP contribution in [0, 0.1) is 0 Å². The van der Waals surface area contributed by atoms with Crippen molar-refractivity contribution in [2.75, 3.05) is 18.5 Å². The van der Waals surface area contributed by atoms with Gasteiger partial charge >= 0.3 is 0 Å². The normalized spacial score (nSPS) is 19.5. The smallest absolute Gasteiger partial charge is 0.165 e. The van der Waals surface area contributed by atoms with Gasteiger partial charge in [-0.05, 0) is 19.8 Å². The maximum atomic E-state index is 5.58. The predicted octanol–water partition coefficient (Wildman–Crippen LogP) is 1.44. The molecule has 6 heteroatoms. The average Bonchev–Trinajstić information content (AvgIpc) is 3.05. The SMILES string of the molecule is CCn1cnc2c(NCC3CCCO3)ncnc21. The number of hydrogen-bond acceptors (Lipinski definition) is 5. The summed E-state index contributed by atoms with van der Waals surface area (Å²) in [4.78, 5) is 12.9. The Morgan fingerprint density at radius 2 is 2.39 bits per heavy atom. The van der Waals surface area contributed by atoms with Gasteiger partial charge < -0.3 is 14.6 Å². The molecule has 96 valence electrons. The molecular formula is C12H17N5O. The maximum Gasteiger partial charge on any atom is 0.165 e. The van der Waals surface area contributed by atoms with Crippen molar-refractivity contribution in [3.05, 3.63) is 12.7 Å². The van der Waals surface area contributed by atoms with Crippen LogP contribution < -0.4 is 5.32 Å². The van der Waals surface area contributed by atoms with Crippen LogP contribution >= 0.6 is 0 Å². The molecule has 1 saturated heterocycles. The molecule has 0 aromatic carbocycles. The van der Waals surface area contributed by atoms with Crippen LogP contribution in [0.5, 0.6) is 0 Å². The fourth-order valence-electron chi connectivity index (χ4n) is 2.26. The molecule has 18 heavy (non-hydrogen) atoms. The van der Waals surface area contributed by atoms with Crippen LogP contribution in [-0.2, 0) is 11.3 Å². The van der Waals surface area contributed by atoms with Crippen molar-refractivity contribution in [2.24, 2.45) is 0 Å². The molecule has 1 fully saturated rings. The Kier molecular flexibility index (Phi) is 3.10. The number of ether oxygens (including phenoxy) is 1. The van der Waals surface area contributed by atoms with Crippen LogP contribution in [0.3, 0.4) is 0 Å². The summed E-state index contributed by atoms with van der Waals surface area (Å²) in [7, 11) is 0. The highest BCUT2D eigenvalue weighted by atomic mass is 16.5. The summed E-state index contributed by atoms with van der Waals surface area (Å²) in [5.41, 5.74) is 1.71. The summed E-state index contributed by atoms with van der Waals surface area (Å²) in [6.07, 6.45) is 5.94. The van der Waals surface area contributed by atoms with Gasteiger partial charge in [-0.3, -0.25) is 0 Å². The minimum absolute atomic E-state index is 0.295. The van der Waals surface area contributed by atoms with E-state index in [1.54, 1.807) is 12.7 Å². The highest BCUT2D eigenvalue weighted by molar-refractivity contribution is 5.82. The first-order valence-electron chi connectivity index (χ1n) is 6.39. The number of rotatable bonds is 4. The van der Waals surface area contributed by atoms with Gasteiger partial charge in [0.25, 0.3) is 0 Å². The third-order valence-electron chi connectivity index (χ3n) is 3.26. The predicted molar refractivity (Wildman–Crippen MR) is 68.5 cm³/mol. The lowest BCUT2D eigenvalue weighted by Crippen LogP contribution is -2.19. The van der Waals surface area contributed by atoms with E-state index in [9.17, 15) is 0 Å². The molecule has 1 N–H and O–H groups in total. The van der Waals surface area contributed by atoms with Gasteiger partial charge in [-0.2, -0.15) is 0 Å². The number of fused-ring (bicyclic) bond motifs is 1. The Balaban J connectivity index is 1.80. The monoisotopic (exact) mass is 247 g/mol. The molecule has 1 aliphatic rings. The number of anilines is 1. The zero-order valence-corrected chi connectivity index (χ0v) is 10.5. The van der Waals surface area contributed by atoms with Crippen LogP contribution in [0.2, 0.25) is 0 Å². The zero-order valence-electron chi connectivity index (χ0n) is 10.5. The summed E-state index contributed by atoms with van der Waals surface area (Å²) >= 11 is 0. The molecule has 3 heterocycles. The van der Waals surface area contributed by atoms with Gasteiger partial charge in [-0.1, -0.05) is 0 Å². The van der Waals surface area contributed by atoms with E-state index in [2.05, 4.69) is 27.2 Å². The third kappa shape index (κ3) is 2.03. The van der Waals surface area contributed by atoms with Gasteiger partial charge in [-0.25, -0.2) is 15.0 Å². The Morgan fingerprint density at radius 1 is 1.44 bits per heavy atom. The highest BCUT2D eigenvalue weighted by Gasteiger charge is 2.16. The number of hydrogen-bond donors (Lipinski definition) is 1. The molecular weight excluding hydrogens is 230 g/mol. The van der Waals surface area contributed by atoms with E-state index in [0.29, 0.717) is 6.10 Å². The summed E-state index contributed by atoms with van der Waals surface area (Å²) < 4.78 is 7.59. The Hall–Kier alpha value is -1.69. The molecule has 3 rings (SSSR count). The van der Waals surface area contributed by atoms with E-state index in [1.165, 1.54) is 0 Å². The Morgan fingerprint density at radius 3 is 3.17 bits per heavy atom. The minimum Gasteiger partial charge on any atom is -0.376 e. The second-order valence-electron chi connectivity index (χ2n) is 4.44. The fourth-order valence-corrected chi connectivity index (χ4v) is 2.26. The van der Waals surface area contributed by atoms with Crippen molar-refractivity contribution in [1.82, 2.24) is 19.5 Å². The van der Waals surface area contributed by atoms with Crippen molar-refractivity contribution >= 4 is 17.0 Å². The molecule has 1 atom stereocenters.